The van der Waals surface area contributed by atoms with Crippen LogP contribution in [-0.2, 0) is 4.74 Å². The molecule has 2 N–H and O–H groups in total. The van der Waals surface area contributed by atoms with Gasteiger partial charge in [0.05, 0.1) is 19.3 Å². The molecular formula is C16H26ClIN4O. The minimum absolute atomic E-state index is 0. The summed E-state index contributed by atoms with van der Waals surface area (Å²) in [5, 5.41) is 0.766. The predicted molar refractivity (Wildman–Crippen MR) is 108 cm³/mol. The van der Waals surface area contributed by atoms with Gasteiger partial charge in [0.25, 0.3) is 0 Å². The van der Waals surface area contributed by atoms with Gasteiger partial charge in [-0.2, -0.15) is 0 Å². The number of ether oxygens (including phenoxy) is 1. The van der Waals surface area contributed by atoms with Crippen LogP contribution in [0.3, 0.4) is 0 Å². The van der Waals surface area contributed by atoms with E-state index in [1.807, 2.05) is 26.0 Å². The maximum atomic E-state index is 6.05. The molecule has 0 atom stereocenters. The quantitative estimate of drug-likeness (QED) is 0.323. The number of nitrogens with two attached hydrogens (primary N) is 1. The molecule has 0 spiro atoms. The van der Waals surface area contributed by atoms with Gasteiger partial charge in [0.2, 0.25) is 0 Å². The topological polar surface area (TPSA) is 54.1 Å². The Kier molecular flexibility index (Phi) is 9.01. The largest absolute Gasteiger partial charge is 0.377 e. The average molecular weight is 453 g/mol. The summed E-state index contributed by atoms with van der Waals surface area (Å²) in [6.45, 7) is 8.88. The first-order valence-electron chi connectivity index (χ1n) is 7.73. The van der Waals surface area contributed by atoms with Gasteiger partial charge >= 0.3 is 0 Å². The van der Waals surface area contributed by atoms with E-state index >= 15 is 0 Å². The second-order valence-corrected chi connectivity index (χ2v) is 6.05. The van der Waals surface area contributed by atoms with Gasteiger partial charge < -0.3 is 20.3 Å². The van der Waals surface area contributed by atoms with Crippen LogP contribution < -0.4 is 10.6 Å². The Hall–Kier alpha value is -0.730. The monoisotopic (exact) mass is 452 g/mol. The van der Waals surface area contributed by atoms with Crippen molar-refractivity contribution in [3.63, 3.8) is 0 Å². The maximum Gasteiger partial charge on any atom is 0.191 e. The van der Waals surface area contributed by atoms with E-state index in [2.05, 4.69) is 26.9 Å². The number of aliphatic imine (C=N–C) groups is 1. The van der Waals surface area contributed by atoms with E-state index in [1.165, 1.54) is 5.69 Å². The van der Waals surface area contributed by atoms with Crippen LogP contribution in [0, 0.1) is 0 Å². The molecule has 1 aliphatic heterocycles. The van der Waals surface area contributed by atoms with Crippen molar-refractivity contribution in [2.75, 3.05) is 44.2 Å². The smallest absolute Gasteiger partial charge is 0.191 e. The maximum absolute atomic E-state index is 6.05. The summed E-state index contributed by atoms with van der Waals surface area (Å²) in [6, 6.07) is 7.96. The lowest BCUT2D eigenvalue weighted by Gasteiger charge is -2.36. The zero-order valence-corrected chi connectivity index (χ0v) is 16.8. The first-order chi connectivity index (χ1) is 10.6. The Labute approximate surface area is 160 Å². The number of rotatable bonds is 5. The Morgan fingerprint density at radius 2 is 1.83 bits per heavy atom. The molecular weight excluding hydrogens is 427 g/mol. The van der Waals surface area contributed by atoms with Crippen LogP contribution in [0.5, 0.6) is 0 Å². The standard InChI is InChI=1S/C16H25ClN4O.HI/c1-13(2)22-12-7-19-16(18)21-10-8-20(9-11-21)15-5-3-14(17)4-6-15;/h3-6,13H,7-12H2,1-2H3,(H2,18,19);1H. The molecule has 5 nitrogen and oxygen atoms in total. The number of anilines is 1. The first kappa shape index (κ1) is 20.3. The highest BCUT2D eigenvalue weighted by Crippen LogP contribution is 2.19. The van der Waals surface area contributed by atoms with E-state index in [1.54, 1.807) is 0 Å². The number of hydrogen-bond donors (Lipinski definition) is 1. The number of guanidine groups is 1. The summed E-state index contributed by atoms with van der Waals surface area (Å²) < 4.78 is 5.46. The van der Waals surface area contributed by atoms with Crippen molar-refractivity contribution in [3.05, 3.63) is 29.3 Å². The van der Waals surface area contributed by atoms with Gasteiger partial charge in [0.1, 0.15) is 0 Å². The van der Waals surface area contributed by atoms with Gasteiger partial charge in [-0.3, -0.25) is 4.99 Å². The van der Waals surface area contributed by atoms with E-state index in [-0.39, 0.29) is 30.1 Å². The van der Waals surface area contributed by atoms with E-state index in [4.69, 9.17) is 22.1 Å². The van der Waals surface area contributed by atoms with Gasteiger partial charge in [0, 0.05) is 36.9 Å². The molecule has 1 saturated heterocycles. The normalized spacial score (nSPS) is 15.7. The second kappa shape index (κ2) is 10.2. The highest BCUT2D eigenvalue weighted by atomic mass is 127. The zero-order chi connectivity index (χ0) is 15.9. The summed E-state index contributed by atoms with van der Waals surface area (Å²) in [4.78, 5) is 8.85. The molecule has 7 heteroatoms. The molecule has 0 amide bonds. The van der Waals surface area contributed by atoms with Gasteiger partial charge in [-0.25, -0.2) is 0 Å². The molecule has 1 aromatic rings. The Morgan fingerprint density at radius 1 is 1.22 bits per heavy atom. The lowest BCUT2D eigenvalue weighted by Crippen LogP contribution is -2.51. The van der Waals surface area contributed by atoms with Crippen molar-refractivity contribution >= 4 is 47.2 Å². The first-order valence-corrected chi connectivity index (χ1v) is 8.11. The van der Waals surface area contributed by atoms with E-state index < -0.39 is 0 Å². The second-order valence-electron chi connectivity index (χ2n) is 5.61. The van der Waals surface area contributed by atoms with Gasteiger partial charge in [-0.1, -0.05) is 11.6 Å². The number of piperazine rings is 1. The van der Waals surface area contributed by atoms with Crippen LogP contribution in [0.4, 0.5) is 5.69 Å². The predicted octanol–water partition coefficient (Wildman–Crippen LogP) is 2.82. The van der Waals surface area contributed by atoms with Crippen LogP contribution in [0.2, 0.25) is 5.02 Å². The van der Waals surface area contributed by atoms with Crippen LogP contribution in [-0.4, -0.2) is 56.3 Å². The fourth-order valence-electron chi connectivity index (χ4n) is 2.39. The van der Waals surface area contributed by atoms with Crippen molar-refractivity contribution in [2.24, 2.45) is 10.7 Å². The van der Waals surface area contributed by atoms with Crippen LogP contribution in [0.15, 0.2) is 29.3 Å². The number of benzene rings is 1. The molecule has 0 bridgehead atoms. The Morgan fingerprint density at radius 3 is 2.39 bits per heavy atom. The minimum Gasteiger partial charge on any atom is -0.377 e. The fraction of sp³-hybridized carbons (Fsp3) is 0.562. The molecule has 0 aliphatic carbocycles. The summed E-state index contributed by atoms with van der Waals surface area (Å²) in [5.74, 6) is 0.614. The Bertz CT molecular complexity index is 487. The van der Waals surface area contributed by atoms with E-state index in [0.29, 0.717) is 19.1 Å². The van der Waals surface area contributed by atoms with Crippen molar-refractivity contribution in [1.29, 1.82) is 0 Å². The summed E-state index contributed by atoms with van der Waals surface area (Å²) in [7, 11) is 0. The molecule has 0 radical (unpaired) electrons. The van der Waals surface area contributed by atoms with Gasteiger partial charge in [0.15, 0.2) is 5.96 Å². The molecule has 0 aromatic heterocycles. The number of hydrogen-bond acceptors (Lipinski definition) is 3. The van der Waals surface area contributed by atoms with Crippen LogP contribution >= 0.6 is 35.6 Å². The van der Waals surface area contributed by atoms with Crippen molar-refractivity contribution in [3.8, 4) is 0 Å². The fourth-order valence-corrected chi connectivity index (χ4v) is 2.52. The molecule has 130 valence electrons. The molecule has 0 saturated carbocycles. The highest BCUT2D eigenvalue weighted by molar-refractivity contribution is 14.0. The van der Waals surface area contributed by atoms with Crippen molar-refractivity contribution < 1.29 is 4.74 Å². The van der Waals surface area contributed by atoms with Crippen molar-refractivity contribution in [2.45, 2.75) is 20.0 Å². The molecule has 23 heavy (non-hydrogen) atoms. The van der Waals surface area contributed by atoms with E-state index in [0.717, 1.165) is 31.2 Å². The van der Waals surface area contributed by atoms with Crippen LogP contribution in [0.25, 0.3) is 0 Å². The summed E-state index contributed by atoms with van der Waals surface area (Å²) >= 11 is 5.93. The lowest BCUT2D eigenvalue weighted by atomic mass is 10.2. The summed E-state index contributed by atoms with van der Waals surface area (Å²) in [6.07, 6.45) is 0.236. The molecule has 1 aromatic carbocycles. The van der Waals surface area contributed by atoms with Crippen molar-refractivity contribution in [1.82, 2.24) is 4.90 Å². The Balaban J connectivity index is 0.00000264. The zero-order valence-electron chi connectivity index (χ0n) is 13.7. The molecule has 1 heterocycles. The molecule has 2 rings (SSSR count). The van der Waals surface area contributed by atoms with Crippen LogP contribution in [0.1, 0.15) is 13.8 Å². The molecule has 0 unspecified atom stereocenters. The van der Waals surface area contributed by atoms with Gasteiger partial charge in [-0.15, -0.1) is 24.0 Å². The third kappa shape index (κ3) is 6.73. The average Bonchev–Trinajstić information content (AvgIpc) is 2.52. The third-order valence-corrected chi connectivity index (χ3v) is 3.86. The minimum atomic E-state index is 0. The molecule has 1 aliphatic rings. The highest BCUT2D eigenvalue weighted by Gasteiger charge is 2.18. The number of nitrogens with zero attached hydrogens (tertiary/aromatic N) is 3. The molecule has 1 fully saturated rings. The van der Waals surface area contributed by atoms with Gasteiger partial charge in [-0.05, 0) is 38.1 Å². The lowest BCUT2D eigenvalue weighted by molar-refractivity contribution is 0.0852. The SMILES string of the molecule is CC(C)OCCN=C(N)N1CCN(c2ccc(Cl)cc2)CC1.I. The summed E-state index contributed by atoms with van der Waals surface area (Å²) in [5.41, 5.74) is 7.25. The third-order valence-electron chi connectivity index (χ3n) is 3.61. The number of halogens is 2. The van der Waals surface area contributed by atoms with E-state index in [9.17, 15) is 0 Å².